The van der Waals surface area contributed by atoms with Crippen molar-refractivity contribution in [3.63, 3.8) is 0 Å². The number of ether oxygens (including phenoxy) is 2. The highest BCUT2D eigenvalue weighted by atomic mass is 35.5. The molecule has 2 rings (SSSR count). The van der Waals surface area contributed by atoms with Gasteiger partial charge in [0, 0.05) is 11.4 Å². The van der Waals surface area contributed by atoms with E-state index in [1.54, 1.807) is 39.0 Å². The molecule has 0 saturated carbocycles. The lowest BCUT2D eigenvalue weighted by Crippen LogP contribution is -2.48. The molecule has 0 spiro atoms. The molecule has 1 atom stereocenters. The van der Waals surface area contributed by atoms with Gasteiger partial charge >= 0.3 is 11.9 Å². The fourth-order valence-electron chi connectivity index (χ4n) is 2.41. The summed E-state index contributed by atoms with van der Waals surface area (Å²) in [6.07, 6.45) is 2.70. The van der Waals surface area contributed by atoms with Gasteiger partial charge in [0.05, 0.1) is 23.9 Å². The quantitative estimate of drug-likeness (QED) is 0.576. The molecule has 1 unspecified atom stereocenters. The summed E-state index contributed by atoms with van der Waals surface area (Å²) in [5.41, 5.74) is -0.607. The maximum atomic E-state index is 12.5. The average molecular weight is 431 g/mol. The van der Waals surface area contributed by atoms with Crippen molar-refractivity contribution in [1.82, 2.24) is 0 Å². The van der Waals surface area contributed by atoms with Crippen LogP contribution in [0.15, 0.2) is 23.3 Å². The molecule has 1 aliphatic heterocycles. The zero-order chi connectivity index (χ0) is 21.3. The van der Waals surface area contributed by atoms with Crippen molar-refractivity contribution in [1.29, 1.82) is 0 Å². The van der Waals surface area contributed by atoms with E-state index in [1.165, 1.54) is 17.9 Å². The summed E-state index contributed by atoms with van der Waals surface area (Å²) in [6.45, 7) is 9.85. The maximum absolute atomic E-state index is 12.5. The van der Waals surface area contributed by atoms with Crippen molar-refractivity contribution in [2.45, 2.75) is 59.4 Å². The standard InChI is InChI=1S/C16H18Cl2N2O4.C4H10/c1-4-23-14(21)12-9-16(3,15(22)24-5-2)20(19-12)13-7-6-10(17)8-11(13)18;1-3-4-2/h6-8H,4-5,9H2,1-3H3;3-4H2,1-2H3. The summed E-state index contributed by atoms with van der Waals surface area (Å²) in [5.74, 6) is -1.07. The van der Waals surface area contributed by atoms with E-state index >= 15 is 0 Å². The second kappa shape index (κ2) is 11.3. The Labute approximate surface area is 176 Å². The first kappa shape index (κ1) is 24.2. The Hall–Kier alpha value is -1.79. The van der Waals surface area contributed by atoms with E-state index in [-0.39, 0.29) is 25.3 Å². The predicted octanol–water partition coefficient (Wildman–Crippen LogP) is 5.25. The van der Waals surface area contributed by atoms with Crippen LogP contribution in [0.3, 0.4) is 0 Å². The molecule has 1 aromatic rings. The summed E-state index contributed by atoms with van der Waals surface area (Å²) in [5, 5.41) is 6.44. The number of carbonyl (C=O) groups excluding carboxylic acids is 2. The van der Waals surface area contributed by atoms with Crippen LogP contribution in [0, 0.1) is 0 Å². The van der Waals surface area contributed by atoms with Crippen molar-refractivity contribution in [3.05, 3.63) is 28.2 Å². The van der Waals surface area contributed by atoms with Gasteiger partial charge in [-0.25, -0.2) is 14.6 Å². The molecule has 28 heavy (non-hydrogen) atoms. The Morgan fingerprint density at radius 3 is 2.21 bits per heavy atom. The van der Waals surface area contributed by atoms with Gasteiger partial charge in [-0.2, -0.15) is 5.10 Å². The minimum atomic E-state index is -1.20. The van der Waals surface area contributed by atoms with Gasteiger partial charge < -0.3 is 9.47 Å². The first-order chi connectivity index (χ1) is 13.2. The number of benzene rings is 1. The van der Waals surface area contributed by atoms with Crippen LogP contribution in [-0.4, -0.2) is 36.4 Å². The average Bonchev–Trinajstić information content (AvgIpc) is 3.01. The number of anilines is 1. The van der Waals surface area contributed by atoms with E-state index in [1.807, 2.05) is 0 Å². The van der Waals surface area contributed by atoms with Gasteiger partial charge in [0.15, 0.2) is 5.54 Å². The molecule has 0 saturated heterocycles. The van der Waals surface area contributed by atoms with Gasteiger partial charge in [-0.1, -0.05) is 49.9 Å². The molecular weight excluding hydrogens is 403 g/mol. The third-order valence-corrected chi connectivity index (χ3v) is 4.60. The van der Waals surface area contributed by atoms with Crippen molar-refractivity contribution < 1.29 is 19.1 Å². The Kier molecular flexibility index (Phi) is 9.76. The second-order valence-corrected chi connectivity index (χ2v) is 7.19. The highest BCUT2D eigenvalue weighted by Gasteiger charge is 2.49. The minimum absolute atomic E-state index is 0.0591. The van der Waals surface area contributed by atoms with E-state index in [2.05, 4.69) is 18.9 Å². The number of hydrogen-bond donors (Lipinski definition) is 0. The number of carbonyl (C=O) groups is 2. The summed E-state index contributed by atoms with van der Waals surface area (Å²) in [4.78, 5) is 24.5. The van der Waals surface area contributed by atoms with Crippen LogP contribution in [0.4, 0.5) is 5.69 Å². The summed E-state index contributed by atoms with van der Waals surface area (Å²) < 4.78 is 10.1. The van der Waals surface area contributed by atoms with Crippen molar-refractivity contribution in [2.75, 3.05) is 18.2 Å². The first-order valence-electron chi connectivity index (χ1n) is 9.42. The smallest absolute Gasteiger partial charge is 0.354 e. The van der Waals surface area contributed by atoms with Gasteiger partial charge in [-0.15, -0.1) is 0 Å². The number of nitrogens with zero attached hydrogens (tertiary/aromatic N) is 2. The van der Waals surface area contributed by atoms with E-state index in [0.717, 1.165) is 0 Å². The first-order valence-corrected chi connectivity index (χ1v) is 10.2. The predicted molar refractivity (Wildman–Crippen MR) is 113 cm³/mol. The molecule has 1 heterocycles. The fraction of sp³-hybridized carbons (Fsp3) is 0.550. The Bertz CT molecular complexity index is 722. The Morgan fingerprint density at radius 2 is 1.71 bits per heavy atom. The van der Waals surface area contributed by atoms with Gasteiger partial charge in [0.2, 0.25) is 0 Å². The lowest BCUT2D eigenvalue weighted by molar-refractivity contribution is -0.148. The highest BCUT2D eigenvalue weighted by Crippen LogP contribution is 2.39. The van der Waals surface area contributed by atoms with Crippen LogP contribution in [0.5, 0.6) is 0 Å². The molecule has 0 bridgehead atoms. The summed E-state index contributed by atoms with van der Waals surface area (Å²) in [7, 11) is 0. The minimum Gasteiger partial charge on any atom is -0.464 e. The molecule has 0 aromatic heterocycles. The number of rotatable bonds is 6. The van der Waals surface area contributed by atoms with Crippen molar-refractivity contribution in [2.24, 2.45) is 5.10 Å². The lowest BCUT2D eigenvalue weighted by Gasteiger charge is -2.32. The number of hydrogen-bond acceptors (Lipinski definition) is 6. The fourth-order valence-corrected chi connectivity index (χ4v) is 2.90. The number of hydrazone groups is 1. The number of halogens is 2. The van der Waals surface area contributed by atoms with Crippen LogP contribution in [-0.2, 0) is 19.1 Å². The molecule has 0 fully saturated rings. The van der Waals surface area contributed by atoms with Crippen LogP contribution in [0.2, 0.25) is 10.0 Å². The SMILES string of the molecule is CCCC.CCOC(=O)C1=NN(c2ccc(Cl)cc2Cl)C(C)(C(=O)OCC)C1. The van der Waals surface area contributed by atoms with E-state index in [9.17, 15) is 9.59 Å². The molecule has 0 radical (unpaired) electrons. The van der Waals surface area contributed by atoms with Crippen LogP contribution < -0.4 is 5.01 Å². The van der Waals surface area contributed by atoms with Crippen molar-refractivity contribution >= 4 is 46.5 Å². The molecule has 156 valence electrons. The molecule has 1 aliphatic rings. The van der Waals surface area contributed by atoms with E-state index in [4.69, 9.17) is 32.7 Å². The van der Waals surface area contributed by atoms with Crippen LogP contribution in [0.25, 0.3) is 0 Å². The molecule has 0 aliphatic carbocycles. The highest BCUT2D eigenvalue weighted by molar-refractivity contribution is 6.39. The van der Waals surface area contributed by atoms with Gasteiger partial charge in [-0.3, -0.25) is 0 Å². The third kappa shape index (κ3) is 5.85. The van der Waals surface area contributed by atoms with E-state index in [0.29, 0.717) is 15.7 Å². The molecule has 1 aromatic carbocycles. The molecule has 8 heteroatoms. The Balaban J connectivity index is 0.000000892. The summed E-state index contributed by atoms with van der Waals surface area (Å²) in [6, 6.07) is 4.81. The Morgan fingerprint density at radius 1 is 1.11 bits per heavy atom. The maximum Gasteiger partial charge on any atom is 0.354 e. The van der Waals surface area contributed by atoms with Crippen molar-refractivity contribution in [3.8, 4) is 0 Å². The van der Waals surface area contributed by atoms with Crippen LogP contribution >= 0.6 is 23.2 Å². The monoisotopic (exact) mass is 430 g/mol. The molecule has 6 nitrogen and oxygen atoms in total. The second-order valence-electron chi connectivity index (χ2n) is 6.35. The van der Waals surface area contributed by atoms with Crippen LogP contribution in [0.1, 0.15) is 53.9 Å². The molecule has 0 N–H and O–H groups in total. The summed E-state index contributed by atoms with van der Waals surface area (Å²) >= 11 is 12.2. The van der Waals surface area contributed by atoms with Gasteiger partial charge in [-0.05, 0) is 39.0 Å². The lowest BCUT2D eigenvalue weighted by atomic mass is 9.95. The van der Waals surface area contributed by atoms with E-state index < -0.39 is 17.5 Å². The third-order valence-electron chi connectivity index (χ3n) is 4.06. The normalized spacial score (nSPS) is 18.1. The zero-order valence-corrected chi connectivity index (χ0v) is 18.6. The number of esters is 2. The topological polar surface area (TPSA) is 68.2 Å². The largest absolute Gasteiger partial charge is 0.464 e. The van der Waals surface area contributed by atoms with Gasteiger partial charge in [0.25, 0.3) is 0 Å². The molecule has 0 amide bonds. The van der Waals surface area contributed by atoms with Gasteiger partial charge in [0.1, 0.15) is 5.71 Å². The molecular formula is C20H28Cl2N2O4. The number of unbranched alkanes of at least 4 members (excludes halogenated alkanes) is 1. The zero-order valence-electron chi connectivity index (χ0n) is 17.1.